The van der Waals surface area contributed by atoms with Gasteiger partial charge in [-0.3, -0.25) is 19.2 Å². The molecule has 11 nitrogen and oxygen atoms in total. The number of aromatic nitrogens is 3. The van der Waals surface area contributed by atoms with E-state index in [1.807, 2.05) is 12.1 Å². The third kappa shape index (κ3) is 7.83. The summed E-state index contributed by atoms with van der Waals surface area (Å²) >= 11 is 8.69. The molecule has 0 aliphatic carbocycles. The first kappa shape index (κ1) is 28.2. The quantitative estimate of drug-likeness (QED) is 0.220. The van der Waals surface area contributed by atoms with Crippen LogP contribution in [0.15, 0.2) is 56.8 Å². The van der Waals surface area contributed by atoms with Gasteiger partial charge in [0.1, 0.15) is 11.9 Å². The molecule has 0 amide bonds. The Morgan fingerprint density at radius 2 is 1.89 bits per heavy atom. The van der Waals surface area contributed by atoms with Crippen LogP contribution < -0.4 is 21.9 Å². The van der Waals surface area contributed by atoms with E-state index in [9.17, 15) is 14.7 Å². The number of nitrogens with zero attached hydrogens (tertiary/aromatic N) is 5. The molecule has 2 aromatic heterocycles. The molecule has 2 atom stereocenters. The molecule has 0 aromatic carbocycles. The van der Waals surface area contributed by atoms with Crippen LogP contribution in [0.2, 0.25) is 0 Å². The fourth-order valence-electron chi connectivity index (χ4n) is 4.03. The lowest BCUT2D eigenvalue weighted by Gasteiger charge is -2.33. The lowest BCUT2D eigenvalue weighted by Crippen LogP contribution is -2.48. The van der Waals surface area contributed by atoms with E-state index in [-0.39, 0.29) is 13.2 Å². The molecular formula is C25H30BrN7O4S. The summed E-state index contributed by atoms with van der Waals surface area (Å²) < 4.78 is 8.90. The normalized spacial score (nSPS) is 19.6. The van der Waals surface area contributed by atoms with Gasteiger partial charge in [0.25, 0.3) is 5.56 Å². The number of ether oxygens (including phenoxy) is 1. The molecule has 13 heteroatoms. The van der Waals surface area contributed by atoms with Crippen molar-refractivity contribution in [3.63, 3.8) is 0 Å². The molecular weight excluding hydrogens is 574 g/mol. The number of aliphatic hydroxyl groups is 1. The van der Waals surface area contributed by atoms with Crippen molar-refractivity contribution >= 4 is 39.1 Å². The van der Waals surface area contributed by atoms with Gasteiger partial charge in [-0.05, 0) is 46.4 Å². The highest BCUT2D eigenvalue weighted by atomic mass is 79.9. The summed E-state index contributed by atoms with van der Waals surface area (Å²) in [5.74, 6) is 6.74. The molecule has 1 saturated heterocycles. The van der Waals surface area contributed by atoms with Crippen molar-refractivity contribution in [1.82, 2.24) is 29.2 Å². The summed E-state index contributed by atoms with van der Waals surface area (Å²) in [4.78, 5) is 33.9. The van der Waals surface area contributed by atoms with Crippen molar-refractivity contribution in [2.24, 2.45) is 0 Å². The van der Waals surface area contributed by atoms with Gasteiger partial charge >= 0.3 is 5.69 Å². The summed E-state index contributed by atoms with van der Waals surface area (Å²) in [6, 6.07) is 5.07. The molecule has 0 radical (unpaired) electrons. The molecule has 38 heavy (non-hydrogen) atoms. The number of piperazine rings is 1. The monoisotopic (exact) mass is 603 g/mol. The van der Waals surface area contributed by atoms with Crippen LogP contribution >= 0.6 is 28.1 Å². The fourth-order valence-corrected chi connectivity index (χ4v) is 4.47. The summed E-state index contributed by atoms with van der Waals surface area (Å²) in [7, 11) is 0. The highest BCUT2D eigenvalue weighted by Crippen LogP contribution is 2.18. The van der Waals surface area contributed by atoms with Crippen molar-refractivity contribution in [2.45, 2.75) is 18.9 Å². The lowest BCUT2D eigenvalue weighted by atomic mass is 10.3. The molecule has 4 rings (SSSR count). The van der Waals surface area contributed by atoms with Crippen molar-refractivity contribution in [1.29, 1.82) is 0 Å². The summed E-state index contributed by atoms with van der Waals surface area (Å²) in [5, 5.41) is 16.0. The number of nitrogens with one attached hydrogen (secondary N) is 2. The predicted molar refractivity (Wildman–Crippen MR) is 152 cm³/mol. The van der Waals surface area contributed by atoms with Crippen molar-refractivity contribution in [3.8, 4) is 11.8 Å². The minimum atomic E-state index is -0.652. The topological polar surface area (TPSA) is 117 Å². The van der Waals surface area contributed by atoms with Gasteiger partial charge in [0, 0.05) is 62.2 Å². The largest absolute Gasteiger partial charge is 0.393 e. The van der Waals surface area contributed by atoms with Crippen LogP contribution in [0.3, 0.4) is 0 Å². The third-order valence-corrected chi connectivity index (χ3v) is 6.88. The van der Waals surface area contributed by atoms with Gasteiger partial charge in [0.2, 0.25) is 0 Å². The average molecular weight is 605 g/mol. The fraction of sp³-hybridized carbons (Fsp3) is 0.440. The van der Waals surface area contributed by atoms with Crippen LogP contribution in [0.25, 0.3) is 0 Å². The first-order valence-corrected chi connectivity index (χ1v) is 13.5. The van der Waals surface area contributed by atoms with Gasteiger partial charge in [-0.2, -0.15) is 0 Å². The number of thiocarbonyl (C=S) groups is 1. The molecule has 2 aliphatic rings. The molecule has 2 aromatic rings. The molecule has 0 saturated carbocycles. The average Bonchev–Trinajstić information content (AvgIpc) is 3.39. The number of pyridine rings is 1. The van der Waals surface area contributed by atoms with Crippen molar-refractivity contribution < 1.29 is 9.84 Å². The molecule has 0 spiro atoms. The second-order valence-corrected chi connectivity index (χ2v) is 10.1. The van der Waals surface area contributed by atoms with Crippen LogP contribution in [0.4, 0.5) is 5.82 Å². The van der Waals surface area contributed by atoms with E-state index < -0.39 is 23.6 Å². The first-order chi connectivity index (χ1) is 18.4. The highest BCUT2D eigenvalue weighted by molar-refractivity contribution is 9.10. The maximum Gasteiger partial charge on any atom is 0.334 e. The zero-order chi connectivity index (χ0) is 26.9. The number of rotatable bonds is 8. The van der Waals surface area contributed by atoms with E-state index in [2.05, 4.69) is 53.2 Å². The third-order valence-electron chi connectivity index (χ3n) is 6.17. The molecule has 2 aliphatic heterocycles. The van der Waals surface area contributed by atoms with Crippen LogP contribution in [0.5, 0.6) is 0 Å². The Kier molecular flexibility index (Phi) is 10.2. The van der Waals surface area contributed by atoms with Crippen LogP contribution in [0, 0.1) is 11.8 Å². The van der Waals surface area contributed by atoms with Gasteiger partial charge in [0.05, 0.1) is 19.7 Å². The lowest BCUT2D eigenvalue weighted by molar-refractivity contribution is -0.0109. The number of halogens is 1. The van der Waals surface area contributed by atoms with Gasteiger partial charge in [-0.15, -0.1) is 0 Å². The SMILES string of the molecule is O=c1ccn([C@H]2C=C[C@@H](CO)O2)c(=O)n1CC#CCN1CCN(CCNC(=S)Nc2ccc(Br)cn2)CC1. The Morgan fingerprint density at radius 3 is 2.61 bits per heavy atom. The molecule has 0 unspecified atom stereocenters. The molecule has 3 N–H and O–H groups in total. The van der Waals surface area contributed by atoms with Crippen LogP contribution in [-0.4, -0.2) is 92.7 Å². The summed E-state index contributed by atoms with van der Waals surface area (Å²) in [6.45, 7) is 5.62. The van der Waals surface area contributed by atoms with E-state index in [1.165, 1.54) is 16.8 Å². The minimum Gasteiger partial charge on any atom is -0.393 e. The van der Waals surface area contributed by atoms with E-state index in [0.717, 1.165) is 48.3 Å². The maximum atomic E-state index is 12.8. The summed E-state index contributed by atoms with van der Waals surface area (Å²) in [5.41, 5.74) is -0.906. The zero-order valence-corrected chi connectivity index (χ0v) is 23.2. The Labute approximate surface area is 234 Å². The van der Waals surface area contributed by atoms with Crippen molar-refractivity contribution in [2.75, 3.05) is 57.7 Å². The number of hydrogen-bond acceptors (Lipinski definition) is 8. The van der Waals surface area contributed by atoms with E-state index in [1.54, 1.807) is 18.3 Å². The molecule has 4 heterocycles. The van der Waals surface area contributed by atoms with Crippen molar-refractivity contribution in [3.05, 3.63) is 68.1 Å². The Morgan fingerprint density at radius 1 is 1.13 bits per heavy atom. The Bertz CT molecular complexity index is 1310. The highest BCUT2D eigenvalue weighted by Gasteiger charge is 2.21. The molecule has 1 fully saturated rings. The van der Waals surface area contributed by atoms with E-state index in [4.69, 9.17) is 17.0 Å². The number of aliphatic hydroxyl groups excluding tert-OH is 1. The Hall–Kier alpha value is -2.86. The maximum absolute atomic E-state index is 12.8. The Balaban J connectivity index is 1.17. The van der Waals surface area contributed by atoms with Gasteiger partial charge in [-0.25, -0.2) is 14.3 Å². The predicted octanol–water partition coefficient (Wildman–Crippen LogP) is 0.221. The van der Waals surface area contributed by atoms with Gasteiger partial charge in [-0.1, -0.05) is 17.9 Å². The smallest absolute Gasteiger partial charge is 0.334 e. The zero-order valence-electron chi connectivity index (χ0n) is 20.8. The second kappa shape index (κ2) is 13.8. The molecule has 0 bridgehead atoms. The number of anilines is 1. The number of hydrogen-bond donors (Lipinski definition) is 3. The standard InChI is InChI=1S/C25H30BrN7O4S/c26-19-3-5-21(28-17-19)29-24(38)27-8-12-31-15-13-30(14-16-31)9-1-2-10-32-22(35)7-11-33(25(32)36)23-6-4-20(18-34)37-23/h3-7,11,17,20,23,34H,8-10,12-16,18H2,(H2,27,28,29,38)/t20-,23+/m0/s1. The van der Waals surface area contributed by atoms with Gasteiger partial charge in [0.15, 0.2) is 11.3 Å². The van der Waals surface area contributed by atoms with Crippen LogP contribution in [-0.2, 0) is 11.3 Å². The van der Waals surface area contributed by atoms with Gasteiger partial charge < -0.3 is 20.5 Å². The second-order valence-electron chi connectivity index (χ2n) is 8.78. The van der Waals surface area contributed by atoms with E-state index >= 15 is 0 Å². The molecule has 202 valence electrons. The summed E-state index contributed by atoms with van der Waals surface area (Å²) in [6.07, 6.45) is 5.38. The van der Waals surface area contributed by atoms with Crippen LogP contribution in [0.1, 0.15) is 6.23 Å². The first-order valence-electron chi connectivity index (χ1n) is 12.3. The minimum absolute atomic E-state index is 0.00766. The van der Waals surface area contributed by atoms with E-state index in [0.29, 0.717) is 17.5 Å².